The van der Waals surface area contributed by atoms with E-state index >= 15 is 0 Å². The molecule has 4 rings (SSSR count). The van der Waals surface area contributed by atoms with Gasteiger partial charge in [0.2, 0.25) is 0 Å². The molecule has 15 radical (unpaired) electrons. The van der Waals surface area contributed by atoms with Gasteiger partial charge in [0.25, 0.3) is 0 Å². The second-order valence-corrected chi connectivity index (χ2v) is 4.21. The Morgan fingerprint density at radius 1 is 0.381 bits per heavy atom. The molecular weight excluding hydrogens is 384 g/mol. The summed E-state index contributed by atoms with van der Waals surface area (Å²) >= 11 is 0. The van der Waals surface area contributed by atoms with Crippen molar-refractivity contribution >= 4 is 0 Å². The van der Waals surface area contributed by atoms with Gasteiger partial charge in [-0.05, 0) is 109 Å². The van der Waals surface area contributed by atoms with Gasteiger partial charge >= 0.3 is 0 Å². The second-order valence-electron chi connectivity index (χ2n) is 4.21. The molecule has 0 aromatic heterocycles. The van der Waals surface area contributed by atoms with Crippen molar-refractivity contribution in [2.45, 2.75) is 12.8 Å². The number of ether oxygens (including phenoxy) is 1. The molecule has 0 unspecified atom stereocenters. The summed E-state index contributed by atoms with van der Waals surface area (Å²) in [6.07, 6.45) is 32.6. The predicted molar refractivity (Wildman–Crippen MR) is 84.6 cm³/mol. The summed E-state index contributed by atoms with van der Waals surface area (Å²) in [7, 11) is 0. The van der Waals surface area contributed by atoms with E-state index in [1.54, 1.807) is 0 Å². The molecule has 2 heteroatoms. The van der Waals surface area contributed by atoms with Crippen LogP contribution in [0.1, 0.15) is 12.8 Å². The Morgan fingerprint density at radius 2 is 0.571 bits per heavy atom. The monoisotopic (exact) mass is 407 g/mol. The molecule has 4 aliphatic rings. The standard InChI is InChI=1S/3C5H5.C4H8O.Ce/c4*1-2-4-5-3-1;/h3*1-5H;1-4H2;. The first kappa shape index (κ1) is 22.3. The van der Waals surface area contributed by atoms with Crippen LogP contribution in [0.5, 0.6) is 0 Å². The van der Waals surface area contributed by atoms with Crippen molar-refractivity contribution in [3.05, 3.63) is 96.3 Å². The van der Waals surface area contributed by atoms with E-state index < -0.39 is 0 Å². The van der Waals surface area contributed by atoms with Crippen LogP contribution < -0.4 is 0 Å². The number of hydrogen-bond acceptors (Lipinski definition) is 1. The Labute approximate surface area is 167 Å². The smallest absolute Gasteiger partial charge is 0.0466 e. The van der Waals surface area contributed by atoms with Crippen LogP contribution in [-0.4, -0.2) is 13.2 Å². The van der Waals surface area contributed by atoms with Crippen LogP contribution in [0, 0.1) is 138 Å². The van der Waals surface area contributed by atoms with Crippen molar-refractivity contribution in [3.63, 3.8) is 0 Å². The fourth-order valence-corrected chi connectivity index (χ4v) is 1.47. The average Bonchev–Trinajstić information content (AvgIpc) is 3.40. The zero-order valence-electron chi connectivity index (χ0n) is 12.4. The van der Waals surface area contributed by atoms with Crippen LogP contribution in [-0.2, 0) is 4.74 Å². The summed E-state index contributed by atoms with van der Waals surface area (Å²) in [6, 6.07) is 0. The van der Waals surface area contributed by atoms with Gasteiger partial charge in [0.1, 0.15) is 0 Å². The van der Waals surface area contributed by atoms with Crippen molar-refractivity contribution in [2.75, 3.05) is 13.2 Å². The molecule has 21 heavy (non-hydrogen) atoms. The van der Waals surface area contributed by atoms with Crippen LogP contribution in [0.25, 0.3) is 0 Å². The van der Waals surface area contributed by atoms with E-state index in [-0.39, 0.29) is 41.7 Å². The van der Waals surface area contributed by atoms with E-state index in [0.29, 0.717) is 0 Å². The molecule has 0 atom stereocenters. The normalized spacial score (nSPS) is 22.9. The largest absolute Gasteiger partial charge is 0.381 e. The van der Waals surface area contributed by atoms with Gasteiger partial charge in [-0.3, -0.25) is 0 Å². The van der Waals surface area contributed by atoms with Gasteiger partial charge in [0.05, 0.1) is 0 Å². The summed E-state index contributed by atoms with van der Waals surface area (Å²) in [5, 5.41) is 0. The maximum atomic E-state index is 4.94. The fourth-order valence-electron chi connectivity index (χ4n) is 1.47. The number of rotatable bonds is 0. The Balaban J connectivity index is 0.000000250. The topological polar surface area (TPSA) is 9.23 Å². The third-order valence-electron chi connectivity index (χ3n) is 2.49. The van der Waals surface area contributed by atoms with Gasteiger partial charge in [-0.1, -0.05) is 0 Å². The summed E-state index contributed by atoms with van der Waals surface area (Å²) in [5.41, 5.74) is 0. The molecule has 0 N–H and O–H groups in total. The molecule has 109 valence electrons. The Kier molecular flexibility index (Phi) is 20.6. The minimum absolute atomic E-state index is 0. The molecule has 0 aromatic carbocycles. The van der Waals surface area contributed by atoms with Crippen molar-refractivity contribution in [1.82, 2.24) is 0 Å². The molecule has 0 bridgehead atoms. The molecule has 1 nitrogen and oxygen atoms in total. The summed E-state index contributed by atoms with van der Waals surface area (Å²) in [4.78, 5) is 0. The van der Waals surface area contributed by atoms with Gasteiger partial charge in [-0.2, -0.15) is 0 Å². The van der Waals surface area contributed by atoms with E-state index in [2.05, 4.69) is 0 Å². The average molecular weight is 408 g/mol. The minimum atomic E-state index is 0. The fraction of sp³-hybridized carbons (Fsp3) is 0.211. The van der Waals surface area contributed by atoms with E-state index in [1.165, 1.54) is 12.8 Å². The van der Waals surface area contributed by atoms with Gasteiger partial charge in [0.15, 0.2) is 0 Å². The van der Waals surface area contributed by atoms with Crippen LogP contribution in [0.4, 0.5) is 0 Å². The molecule has 1 heterocycles. The third kappa shape index (κ3) is 17.5. The summed E-state index contributed by atoms with van der Waals surface area (Å²) < 4.78 is 4.94. The Bertz CT molecular complexity index is 98.0. The van der Waals surface area contributed by atoms with E-state index in [4.69, 9.17) is 4.74 Å². The van der Waals surface area contributed by atoms with Crippen molar-refractivity contribution < 1.29 is 46.5 Å². The van der Waals surface area contributed by atoms with Gasteiger partial charge in [-0.25, -0.2) is 0 Å². The van der Waals surface area contributed by atoms with Crippen molar-refractivity contribution in [2.24, 2.45) is 0 Å². The van der Waals surface area contributed by atoms with E-state index in [0.717, 1.165) is 13.2 Å². The Hall–Kier alpha value is 1.34. The SMILES string of the molecule is C1CCOC1.[CH]1[CH][CH][CH][CH]1.[CH]1[CH][CH][CH][CH]1.[CH]1[CH][CH][CH][CH]1.[Ce]. The molecule has 1 saturated heterocycles. The second kappa shape index (κ2) is 19.4. The van der Waals surface area contributed by atoms with Crippen LogP contribution in [0.2, 0.25) is 0 Å². The molecule has 0 aromatic rings. The zero-order chi connectivity index (χ0) is 14.1. The number of hydrogen-bond donors (Lipinski definition) is 0. The third-order valence-corrected chi connectivity index (χ3v) is 2.49. The molecule has 3 saturated carbocycles. The predicted octanol–water partition coefficient (Wildman–Crippen LogP) is 3.86. The van der Waals surface area contributed by atoms with Crippen molar-refractivity contribution in [1.29, 1.82) is 0 Å². The first-order valence-electron chi connectivity index (χ1n) is 7.08. The van der Waals surface area contributed by atoms with Gasteiger partial charge in [0, 0.05) is 55.0 Å². The zero-order valence-corrected chi connectivity index (χ0v) is 15.5. The van der Waals surface area contributed by atoms with Gasteiger partial charge in [-0.15, -0.1) is 0 Å². The maximum absolute atomic E-state index is 4.94. The van der Waals surface area contributed by atoms with Crippen molar-refractivity contribution in [3.8, 4) is 0 Å². The summed E-state index contributed by atoms with van der Waals surface area (Å²) in [5.74, 6) is 0. The van der Waals surface area contributed by atoms with Crippen LogP contribution >= 0.6 is 0 Å². The molecule has 4 fully saturated rings. The minimum Gasteiger partial charge on any atom is -0.381 e. The van der Waals surface area contributed by atoms with E-state index in [1.807, 2.05) is 96.3 Å². The summed E-state index contributed by atoms with van der Waals surface area (Å²) in [6.45, 7) is 2.00. The van der Waals surface area contributed by atoms with Gasteiger partial charge < -0.3 is 4.74 Å². The molecular formula is C19H23CeO. The molecule has 1 aliphatic heterocycles. The Morgan fingerprint density at radius 3 is 0.667 bits per heavy atom. The maximum Gasteiger partial charge on any atom is 0.0466 e. The molecule has 3 aliphatic carbocycles. The molecule has 0 spiro atoms. The van der Waals surface area contributed by atoms with E-state index in [9.17, 15) is 0 Å². The van der Waals surface area contributed by atoms with Crippen LogP contribution in [0.3, 0.4) is 0 Å². The first-order chi connectivity index (χ1) is 10.0. The van der Waals surface area contributed by atoms with Crippen LogP contribution in [0.15, 0.2) is 0 Å². The first-order valence-corrected chi connectivity index (χ1v) is 7.08. The molecule has 0 amide bonds. The quantitative estimate of drug-likeness (QED) is 0.593.